The van der Waals surface area contributed by atoms with Crippen LogP contribution in [0.25, 0.3) is 0 Å². The van der Waals surface area contributed by atoms with Crippen LogP contribution in [0.15, 0.2) is 0 Å². The number of nitrogens with zero attached hydrogens (tertiary/aromatic N) is 2. The molecule has 0 aromatic carbocycles. The number of likely N-dealkylation sites (N-methyl/N-ethyl adjacent to an activating group) is 1. The van der Waals surface area contributed by atoms with Gasteiger partial charge in [-0.1, -0.05) is 0 Å². The molecule has 132 valence electrons. The molecule has 2 amide bonds. The Kier molecular flexibility index (Phi) is 6.84. The molecule has 0 radical (unpaired) electrons. The Labute approximate surface area is 140 Å². The van der Waals surface area contributed by atoms with Gasteiger partial charge in [0.2, 0.25) is 11.8 Å². The van der Waals surface area contributed by atoms with Gasteiger partial charge in [0.1, 0.15) is 0 Å². The minimum absolute atomic E-state index is 0.0404. The van der Waals surface area contributed by atoms with Crippen LogP contribution in [0.4, 0.5) is 0 Å². The van der Waals surface area contributed by atoms with E-state index in [-0.39, 0.29) is 24.4 Å². The van der Waals surface area contributed by atoms with Gasteiger partial charge in [-0.15, -0.1) is 0 Å². The van der Waals surface area contributed by atoms with Crippen molar-refractivity contribution < 1.29 is 9.59 Å². The SMILES string of the molecule is CNCCC1CCN(C(C)C(=O)N(C)CC(=O)NC2CC2)CC1. The van der Waals surface area contributed by atoms with Crippen molar-refractivity contribution in [3.63, 3.8) is 0 Å². The summed E-state index contributed by atoms with van der Waals surface area (Å²) < 4.78 is 0. The predicted molar refractivity (Wildman–Crippen MR) is 91.1 cm³/mol. The van der Waals surface area contributed by atoms with E-state index in [4.69, 9.17) is 0 Å². The average Bonchev–Trinajstić information content (AvgIpc) is 3.35. The monoisotopic (exact) mass is 324 g/mol. The lowest BCUT2D eigenvalue weighted by Gasteiger charge is -2.36. The van der Waals surface area contributed by atoms with Crippen LogP contribution in [0.2, 0.25) is 0 Å². The fourth-order valence-electron chi connectivity index (χ4n) is 3.25. The van der Waals surface area contributed by atoms with E-state index >= 15 is 0 Å². The van der Waals surface area contributed by atoms with Crippen LogP contribution in [0.3, 0.4) is 0 Å². The Morgan fingerprint density at radius 2 is 1.87 bits per heavy atom. The summed E-state index contributed by atoms with van der Waals surface area (Å²) in [6, 6.07) is 0.207. The highest BCUT2D eigenvalue weighted by Crippen LogP contribution is 2.22. The maximum atomic E-state index is 12.5. The lowest BCUT2D eigenvalue weighted by Crippen LogP contribution is -2.50. The molecule has 0 bridgehead atoms. The molecule has 0 spiro atoms. The third-order valence-electron chi connectivity index (χ3n) is 5.06. The molecule has 2 rings (SSSR count). The van der Waals surface area contributed by atoms with E-state index in [2.05, 4.69) is 15.5 Å². The first kappa shape index (κ1) is 18.2. The lowest BCUT2D eigenvalue weighted by molar-refractivity contribution is -0.139. The van der Waals surface area contributed by atoms with Gasteiger partial charge in [0, 0.05) is 13.1 Å². The van der Waals surface area contributed by atoms with Crippen molar-refractivity contribution in [3.05, 3.63) is 0 Å². The van der Waals surface area contributed by atoms with Crippen LogP contribution in [0.1, 0.15) is 39.0 Å². The number of hydrogen-bond donors (Lipinski definition) is 2. The Hall–Kier alpha value is -1.14. The van der Waals surface area contributed by atoms with Gasteiger partial charge in [0.15, 0.2) is 0 Å². The number of rotatable bonds is 8. The van der Waals surface area contributed by atoms with Gasteiger partial charge in [0.25, 0.3) is 0 Å². The highest BCUT2D eigenvalue weighted by Gasteiger charge is 2.29. The Morgan fingerprint density at radius 1 is 1.22 bits per heavy atom. The van der Waals surface area contributed by atoms with Gasteiger partial charge in [-0.2, -0.15) is 0 Å². The molecule has 0 aromatic heterocycles. The molecule has 2 aliphatic rings. The van der Waals surface area contributed by atoms with Gasteiger partial charge in [-0.25, -0.2) is 0 Å². The van der Waals surface area contributed by atoms with Gasteiger partial charge < -0.3 is 15.5 Å². The first-order valence-corrected chi connectivity index (χ1v) is 8.94. The van der Waals surface area contributed by atoms with Crippen molar-refractivity contribution in [1.29, 1.82) is 0 Å². The van der Waals surface area contributed by atoms with Gasteiger partial charge in [0.05, 0.1) is 12.6 Å². The standard InChI is InChI=1S/C17H32N4O2/c1-13(21-10-7-14(8-11-21)6-9-18-2)17(23)20(3)12-16(22)19-15-4-5-15/h13-15,18H,4-12H2,1-3H3,(H,19,22). The number of hydrogen-bond acceptors (Lipinski definition) is 4. The van der Waals surface area contributed by atoms with Crippen molar-refractivity contribution >= 4 is 11.8 Å². The molecule has 6 heteroatoms. The molecule has 1 atom stereocenters. The second-order valence-corrected chi connectivity index (χ2v) is 7.08. The van der Waals surface area contributed by atoms with Gasteiger partial charge in [-0.05, 0) is 71.6 Å². The maximum absolute atomic E-state index is 12.5. The Bertz CT molecular complexity index is 403. The van der Waals surface area contributed by atoms with E-state index < -0.39 is 0 Å². The summed E-state index contributed by atoms with van der Waals surface area (Å²) in [4.78, 5) is 28.2. The molecular formula is C17H32N4O2. The molecule has 1 saturated carbocycles. The van der Waals surface area contributed by atoms with Crippen LogP contribution in [-0.4, -0.2) is 74.0 Å². The maximum Gasteiger partial charge on any atom is 0.239 e. The van der Waals surface area contributed by atoms with E-state index in [1.165, 1.54) is 6.42 Å². The first-order valence-electron chi connectivity index (χ1n) is 8.94. The van der Waals surface area contributed by atoms with Gasteiger partial charge in [-0.3, -0.25) is 14.5 Å². The zero-order chi connectivity index (χ0) is 16.8. The molecule has 1 aliphatic carbocycles. The smallest absolute Gasteiger partial charge is 0.239 e. The summed E-state index contributed by atoms with van der Waals surface area (Å²) in [6.45, 7) is 5.15. The van der Waals surface area contributed by atoms with Crippen LogP contribution in [-0.2, 0) is 9.59 Å². The van der Waals surface area contributed by atoms with E-state index in [1.807, 2.05) is 14.0 Å². The molecule has 1 saturated heterocycles. The largest absolute Gasteiger partial charge is 0.352 e. The molecule has 1 unspecified atom stereocenters. The Morgan fingerprint density at radius 3 is 2.43 bits per heavy atom. The second kappa shape index (κ2) is 8.64. The zero-order valence-corrected chi connectivity index (χ0v) is 14.8. The lowest BCUT2D eigenvalue weighted by atomic mass is 9.92. The van der Waals surface area contributed by atoms with Crippen molar-refractivity contribution in [2.45, 2.75) is 51.1 Å². The minimum Gasteiger partial charge on any atom is -0.352 e. The van der Waals surface area contributed by atoms with Crippen LogP contribution < -0.4 is 10.6 Å². The molecule has 2 N–H and O–H groups in total. The topological polar surface area (TPSA) is 64.7 Å². The highest BCUT2D eigenvalue weighted by atomic mass is 16.2. The zero-order valence-electron chi connectivity index (χ0n) is 14.8. The molecular weight excluding hydrogens is 292 g/mol. The predicted octanol–water partition coefficient (Wildman–Crippen LogP) is 0.433. The molecule has 2 fully saturated rings. The number of carbonyl (C=O) groups is 2. The van der Waals surface area contributed by atoms with Crippen molar-refractivity contribution in [2.75, 3.05) is 40.3 Å². The quantitative estimate of drug-likeness (QED) is 0.680. The van der Waals surface area contributed by atoms with E-state index in [1.54, 1.807) is 11.9 Å². The first-order chi connectivity index (χ1) is 11.0. The summed E-state index contributed by atoms with van der Waals surface area (Å²) in [5.41, 5.74) is 0. The Balaban J connectivity index is 1.72. The van der Waals surface area contributed by atoms with Crippen LogP contribution in [0.5, 0.6) is 0 Å². The van der Waals surface area contributed by atoms with Crippen molar-refractivity contribution in [2.24, 2.45) is 5.92 Å². The molecule has 6 nitrogen and oxygen atoms in total. The molecule has 1 aliphatic heterocycles. The second-order valence-electron chi connectivity index (χ2n) is 7.08. The molecule has 23 heavy (non-hydrogen) atoms. The number of piperidine rings is 1. The third kappa shape index (κ3) is 5.77. The highest BCUT2D eigenvalue weighted by molar-refractivity contribution is 5.87. The average molecular weight is 324 g/mol. The number of carbonyl (C=O) groups excluding carboxylic acids is 2. The van der Waals surface area contributed by atoms with Gasteiger partial charge >= 0.3 is 0 Å². The van der Waals surface area contributed by atoms with E-state index in [0.29, 0.717) is 6.04 Å². The number of amides is 2. The molecule has 1 heterocycles. The fourth-order valence-corrected chi connectivity index (χ4v) is 3.25. The van der Waals surface area contributed by atoms with Crippen molar-refractivity contribution in [3.8, 4) is 0 Å². The minimum atomic E-state index is -0.140. The van der Waals surface area contributed by atoms with Crippen LogP contribution in [0, 0.1) is 5.92 Å². The number of likely N-dealkylation sites (tertiary alicyclic amines) is 1. The van der Waals surface area contributed by atoms with Crippen molar-refractivity contribution in [1.82, 2.24) is 20.4 Å². The normalized spacial score (nSPS) is 21.0. The summed E-state index contributed by atoms with van der Waals surface area (Å²) in [5, 5.41) is 6.14. The summed E-state index contributed by atoms with van der Waals surface area (Å²) in [5.74, 6) is 0.772. The van der Waals surface area contributed by atoms with Crippen LogP contribution >= 0.6 is 0 Å². The third-order valence-corrected chi connectivity index (χ3v) is 5.06. The fraction of sp³-hybridized carbons (Fsp3) is 0.882. The van der Waals surface area contributed by atoms with E-state index in [0.717, 1.165) is 51.2 Å². The summed E-state index contributed by atoms with van der Waals surface area (Å²) >= 11 is 0. The number of nitrogens with one attached hydrogen (secondary N) is 2. The molecule has 0 aromatic rings. The summed E-state index contributed by atoms with van der Waals surface area (Å²) in [7, 11) is 3.72. The van der Waals surface area contributed by atoms with E-state index in [9.17, 15) is 9.59 Å². The summed E-state index contributed by atoms with van der Waals surface area (Å²) in [6.07, 6.45) is 5.68.